The summed E-state index contributed by atoms with van der Waals surface area (Å²) < 4.78 is 6.38. The first-order chi connectivity index (χ1) is 10.7. The third-order valence-electron chi connectivity index (χ3n) is 2.64. The standard InChI is InChI=1S/C12H16N6O3S/c1-3-18-11-10(16-17-18)12(15-7-14-11)22-6-8(19)13-5-9(20)21-4-2/h7H,3-6H2,1-2H3,(H,13,19). The van der Waals surface area contributed by atoms with E-state index in [0.29, 0.717) is 22.7 Å². The van der Waals surface area contributed by atoms with E-state index in [1.165, 1.54) is 18.1 Å². The number of rotatable bonds is 7. The molecular formula is C12H16N6O3S. The molecular weight excluding hydrogens is 308 g/mol. The van der Waals surface area contributed by atoms with Gasteiger partial charge in [-0.25, -0.2) is 14.6 Å². The molecule has 1 N–H and O–H groups in total. The summed E-state index contributed by atoms with van der Waals surface area (Å²) in [5, 5.41) is 11.1. The first kappa shape index (κ1) is 16.1. The van der Waals surface area contributed by atoms with Crippen molar-refractivity contribution in [2.75, 3.05) is 18.9 Å². The summed E-state index contributed by atoms with van der Waals surface area (Å²) in [6, 6.07) is 0. The van der Waals surface area contributed by atoms with Crippen LogP contribution < -0.4 is 5.32 Å². The second-order valence-electron chi connectivity index (χ2n) is 4.13. The number of fused-ring (bicyclic) bond motifs is 1. The number of amides is 1. The molecule has 0 aromatic carbocycles. The van der Waals surface area contributed by atoms with Crippen molar-refractivity contribution >= 4 is 34.8 Å². The molecule has 0 spiro atoms. The lowest BCUT2D eigenvalue weighted by Gasteiger charge is -2.04. The molecule has 2 aromatic rings. The van der Waals surface area contributed by atoms with Crippen LogP contribution in [0, 0.1) is 0 Å². The van der Waals surface area contributed by atoms with E-state index in [4.69, 9.17) is 4.74 Å². The number of nitrogens with one attached hydrogen (secondary N) is 1. The Hall–Kier alpha value is -2.23. The fraction of sp³-hybridized carbons (Fsp3) is 0.500. The van der Waals surface area contributed by atoms with Crippen molar-refractivity contribution < 1.29 is 14.3 Å². The Balaban J connectivity index is 1.93. The molecule has 0 saturated heterocycles. The van der Waals surface area contributed by atoms with Crippen molar-refractivity contribution in [3.05, 3.63) is 6.33 Å². The van der Waals surface area contributed by atoms with E-state index in [-0.39, 0.29) is 24.8 Å². The highest BCUT2D eigenvalue weighted by Crippen LogP contribution is 2.21. The van der Waals surface area contributed by atoms with Gasteiger partial charge in [-0.05, 0) is 13.8 Å². The van der Waals surface area contributed by atoms with E-state index >= 15 is 0 Å². The van der Waals surface area contributed by atoms with Gasteiger partial charge < -0.3 is 10.1 Å². The fourth-order valence-corrected chi connectivity index (χ4v) is 2.42. The highest BCUT2D eigenvalue weighted by atomic mass is 32.2. The number of ether oxygens (including phenoxy) is 1. The molecule has 0 aliphatic heterocycles. The van der Waals surface area contributed by atoms with E-state index in [0.717, 1.165) is 0 Å². The van der Waals surface area contributed by atoms with Crippen LogP contribution in [-0.4, -0.2) is 55.7 Å². The zero-order valence-corrected chi connectivity index (χ0v) is 13.1. The van der Waals surface area contributed by atoms with Gasteiger partial charge in [0.2, 0.25) is 5.91 Å². The molecule has 10 heteroatoms. The third kappa shape index (κ3) is 3.91. The predicted molar refractivity (Wildman–Crippen MR) is 79.2 cm³/mol. The lowest BCUT2D eigenvalue weighted by Crippen LogP contribution is -2.31. The minimum absolute atomic E-state index is 0.116. The van der Waals surface area contributed by atoms with E-state index in [9.17, 15) is 9.59 Å². The number of carbonyl (C=O) groups excluding carboxylic acids is 2. The maximum atomic E-state index is 11.7. The highest BCUT2D eigenvalue weighted by molar-refractivity contribution is 8.00. The maximum Gasteiger partial charge on any atom is 0.325 e. The third-order valence-corrected chi connectivity index (χ3v) is 3.62. The molecule has 2 heterocycles. The van der Waals surface area contributed by atoms with Crippen LogP contribution in [0.5, 0.6) is 0 Å². The smallest absolute Gasteiger partial charge is 0.325 e. The van der Waals surface area contributed by atoms with Crippen LogP contribution in [0.4, 0.5) is 0 Å². The Morgan fingerprint density at radius 2 is 2.18 bits per heavy atom. The minimum Gasteiger partial charge on any atom is -0.465 e. The molecule has 0 aliphatic rings. The van der Waals surface area contributed by atoms with Crippen LogP contribution in [0.15, 0.2) is 11.4 Å². The van der Waals surface area contributed by atoms with Gasteiger partial charge in [0.05, 0.1) is 12.4 Å². The molecule has 118 valence electrons. The molecule has 9 nitrogen and oxygen atoms in total. The van der Waals surface area contributed by atoms with Crippen molar-refractivity contribution in [1.82, 2.24) is 30.3 Å². The molecule has 0 atom stereocenters. The molecule has 2 aromatic heterocycles. The normalized spacial score (nSPS) is 10.6. The molecule has 0 saturated carbocycles. The van der Waals surface area contributed by atoms with Crippen LogP contribution in [0.2, 0.25) is 0 Å². The van der Waals surface area contributed by atoms with Gasteiger partial charge >= 0.3 is 5.97 Å². The summed E-state index contributed by atoms with van der Waals surface area (Å²) >= 11 is 1.22. The van der Waals surface area contributed by atoms with Crippen molar-refractivity contribution in [2.45, 2.75) is 25.4 Å². The molecule has 1 amide bonds. The summed E-state index contributed by atoms with van der Waals surface area (Å²) in [5.41, 5.74) is 1.19. The van der Waals surface area contributed by atoms with Crippen LogP contribution in [0.25, 0.3) is 11.2 Å². The zero-order valence-electron chi connectivity index (χ0n) is 12.3. The fourth-order valence-electron chi connectivity index (χ4n) is 1.66. The Labute approximate surface area is 130 Å². The number of nitrogens with zero attached hydrogens (tertiary/aromatic N) is 5. The first-order valence-electron chi connectivity index (χ1n) is 6.75. The molecule has 0 fully saturated rings. The largest absolute Gasteiger partial charge is 0.465 e. The van der Waals surface area contributed by atoms with E-state index in [1.54, 1.807) is 11.6 Å². The maximum absolute atomic E-state index is 11.7. The number of hydrogen-bond acceptors (Lipinski definition) is 8. The lowest BCUT2D eigenvalue weighted by atomic mass is 10.5. The number of aromatic nitrogens is 5. The topological polar surface area (TPSA) is 112 Å². The Kier molecular flexibility index (Phi) is 5.64. The van der Waals surface area contributed by atoms with Crippen LogP contribution in [0.1, 0.15) is 13.8 Å². The SMILES string of the molecule is CCOC(=O)CNC(=O)CSc1ncnc2c1nnn2CC. The monoisotopic (exact) mass is 324 g/mol. The Morgan fingerprint density at radius 1 is 1.36 bits per heavy atom. The van der Waals surface area contributed by atoms with Gasteiger partial charge in [-0.1, -0.05) is 17.0 Å². The summed E-state index contributed by atoms with van der Waals surface area (Å²) in [7, 11) is 0. The molecule has 2 rings (SSSR count). The van der Waals surface area contributed by atoms with Gasteiger partial charge in [-0.2, -0.15) is 0 Å². The van der Waals surface area contributed by atoms with Gasteiger partial charge in [-0.3, -0.25) is 9.59 Å². The number of hydrogen-bond donors (Lipinski definition) is 1. The van der Waals surface area contributed by atoms with E-state index in [2.05, 4.69) is 25.6 Å². The quantitative estimate of drug-likeness (QED) is 0.431. The number of thioether (sulfide) groups is 1. The van der Waals surface area contributed by atoms with Gasteiger partial charge in [0.1, 0.15) is 17.9 Å². The van der Waals surface area contributed by atoms with Crippen molar-refractivity contribution in [1.29, 1.82) is 0 Å². The Morgan fingerprint density at radius 3 is 2.91 bits per heavy atom. The van der Waals surface area contributed by atoms with Crippen LogP contribution in [-0.2, 0) is 20.9 Å². The zero-order chi connectivity index (χ0) is 15.9. The van der Waals surface area contributed by atoms with Crippen molar-refractivity contribution in [3.8, 4) is 0 Å². The summed E-state index contributed by atoms with van der Waals surface area (Å²) in [5.74, 6) is -0.631. The molecule has 0 bridgehead atoms. The average molecular weight is 324 g/mol. The number of carbonyl (C=O) groups is 2. The van der Waals surface area contributed by atoms with Gasteiger partial charge in [0.25, 0.3) is 0 Å². The summed E-state index contributed by atoms with van der Waals surface area (Å²) in [6.07, 6.45) is 1.41. The summed E-state index contributed by atoms with van der Waals surface area (Å²) in [4.78, 5) is 31.1. The molecule has 0 aliphatic carbocycles. The molecule has 0 radical (unpaired) electrons. The summed E-state index contributed by atoms with van der Waals surface area (Å²) in [6.45, 7) is 4.44. The lowest BCUT2D eigenvalue weighted by molar-refractivity contribution is -0.143. The first-order valence-corrected chi connectivity index (χ1v) is 7.73. The van der Waals surface area contributed by atoms with E-state index in [1.807, 2.05) is 6.92 Å². The molecule has 0 unspecified atom stereocenters. The van der Waals surface area contributed by atoms with Crippen LogP contribution in [0.3, 0.4) is 0 Å². The Bertz CT molecular complexity index is 674. The predicted octanol–water partition coefficient (Wildman–Crippen LogP) is 0.0126. The molecule has 22 heavy (non-hydrogen) atoms. The van der Waals surface area contributed by atoms with Crippen LogP contribution >= 0.6 is 11.8 Å². The van der Waals surface area contributed by atoms with E-state index < -0.39 is 5.97 Å². The highest BCUT2D eigenvalue weighted by Gasteiger charge is 2.13. The number of esters is 1. The van der Waals surface area contributed by atoms with Gasteiger partial charge in [0.15, 0.2) is 11.2 Å². The minimum atomic E-state index is -0.462. The van der Waals surface area contributed by atoms with Crippen molar-refractivity contribution in [2.24, 2.45) is 0 Å². The average Bonchev–Trinajstić information content (AvgIpc) is 2.95. The van der Waals surface area contributed by atoms with Gasteiger partial charge in [0, 0.05) is 6.54 Å². The van der Waals surface area contributed by atoms with Gasteiger partial charge in [-0.15, -0.1) is 5.10 Å². The number of aryl methyl sites for hydroxylation is 1. The second-order valence-corrected chi connectivity index (χ2v) is 5.09. The second kappa shape index (κ2) is 7.69. The van der Waals surface area contributed by atoms with Crippen molar-refractivity contribution in [3.63, 3.8) is 0 Å².